The maximum absolute atomic E-state index is 5.56. The van der Waals surface area contributed by atoms with Crippen LogP contribution in [0.25, 0.3) is 6.08 Å². The van der Waals surface area contributed by atoms with Gasteiger partial charge in [-0.05, 0) is 12.5 Å². The van der Waals surface area contributed by atoms with E-state index in [9.17, 15) is 0 Å². The smallest absolute Gasteiger partial charge is 0.197 e. The third-order valence-electron chi connectivity index (χ3n) is 3.23. The largest absolute Gasteiger partial charge is 0.369 e. The molecule has 0 saturated carbocycles. The number of imidazole rings is 1. The Bertz CT molecular complexity index is 769. The number of nitrogen functional groups attached to an aromatic ring is 1. The fraction of sp³-hybridized carbons (Fsp3) is 0.188. The summed E-state index contributed by atoms with van der Waals surface area (Å²) in [5.41, 5.74) is 9.78. The molecule has 0 fully saturated rings. The molecule has 0 radical (unpaired) electrons. The van der Waals surface area contributed by atoms with Crippen molar-refractivity contribution in [2.75, 3.05) is 5.73 Å². The molecule has 22 heavy (non-hydrogen) atoms. The summed E-state index contributed by atoms with van der Waals surface area (Å²) in [4.78, 5) is 6.96. The molecule has 0 aliphatic heterocycles. The van der Waals surface area contributed by atoms with Gasteiger partial charge in [0.2, 0.25) is 0 Å². The highest BCUT2D eigenvalue weighted by molar-refractivity contribution is 5.51. The van der Waals surface area contributed by atoms with Crippen molar-refractivity contribution in [3.05, 3.63) is 65.2 Å². The fourth-order valence-electron chi connectivity index (χ4n) is 2.29. The van der Waals surface area contributed by atoms with E-state index in [2.05, 4.69) is 45.4 Å². The highest BCUT2D eigenvalue weighted by atomic mass is 15.4. The first-order valence-electron chi connectivity index (χ1n) is 7.09. The number of allylic oxidation sites excluding steroid dienone is 1. The Hall–Kier alpha value is -2.89. The number of anilines is 1. The van der Waals surface area contributed by atoms with Gasteiger partial charge in [-0.25, -0.2) is 9.67 Å². The second-order valence-corrected chi connectivity index (χ2v) is 5.28. The second-order valence-electron chi connectivity index (χ2n) is 5.28. The lowest BCUT2D eigenvalue weighted by molar-refractivity contribution is 0.643. The lowest BCUT2D eigenvalue weighted by Crippen LogP contribution is -1.99. The standard InChI is InChI=1S/C16H18N6/c1-12(7-13-5-3-2-4-6-13)10-22-11-15(20-21-22)8-14-9-18-16(17)19-14/h2-7,9,11H,8,10H2,1H3,(H3,17,18,19). The van der Waals surface area contributed by atoms with E-state index >= 15 is 0 Å². The van der Waals surface area contributed by atoms with Crippen molar-refractivity contribution < 1.29 is 0 Å². The van der Waals surface area contributed by atoms with E-state index < -0.39 is 0 Å². The van der Waals surface area contributed by atoms with Crippen LogP contribution in [-0.2, 0) is 13.0 Å². The van der Waals surface area contributed by atoms with Crippen LogP contribution in [0.15, 0.2) is 48.3 Å². The number of aromatic nitrogens is 5. The summed E-state index contributed by atoms with van der Waals surface area (Å²) in [6, 6.07) is 10.2. The van der Waals surface area contributed by atoms with Gasteiger partial charge in [-0.3, -0.25) is 0 Å². The Morgan fingerprint density at radius 1 is 1.32 bits per heavy atom. The molecular weight excluding hydrogens is 276 g/mol. The van der Waals surface area contributed by atoms with E-state index in [1.54, 1.807) is 6.20 Å². The number of H-pyrrole nitrogens is 1. The zero-order valence-electron chi connectivity index (χ0n) is 12.4. The quantitative estimate of drug-likeness (QED) is 0.756. The highest BCUT2D eigenvalue weighted by Gasteiger charge is 2.05. The summed E-state index contributed by atoms with van der Waals surface area (Å²) in [6.07, 6.45) is 6.46. The zero-order chi connectivity index (χ0) is 15.4. The Morgan fingerprint density at radius 3 is 2.86 bits per heavy atom. The van der Waals surface area contributed by atoms with Crippen LogP contribution in [0.5, 0.6) is 0 Å². The predicted molar refractivity (Wildman–Crippen MR) is 85.9 cm³/mol. The highest BCUT2D eigenvalue weighted by Crippen LogP contribution is 2.09. The summed E-state index contributed by atoms with van der Waals surface area (Å²) in [7, 11) is 0. The summed E-state index contributed by atoms with van der Waals surface area (Å²) in [6.45, 7) is 2.80. The average molecular weight is 294 g/mol. The van der Waals surface area contributed by atoms with Crippen LogP contribution in [-0.4, -0.2) is 25.0 Å². The van der Waals surface area contributed by atoms with Crippen molar-refractivity contribution in [1.82, 2.24) is 25.0 Å². The topological polar surface area (TPSA) is 85.4 Å². The SMILES string of the molecule is CC(=Cc1ccccc1)Cn1cc(Cc2cnc(N)[nH]2)nn1. The molecule has 0 unspecified atom stereocenters. The molecule has 3 rings (SSSR count). The van der Waals surface area contributed by atoms with Gasteiger partial charge in [-0.2, -0.15) is 0 Å². The lowest BCUT2D eigenvalue weighted by Gasteiger charge is -2.01. The van der Waals surface area contributed by atoms with Crippen LogP contribution >= 0.6 is 0 Å². The summed E-state index contributed by atoms with van der Waals surface area (Å²) >= 11 is 0. The average Bonchev–Trinajstić information content (AvgIpc) is 3.09. The molecule has 3 aromatic rings. The molecule has 6 heteroatoms. The van der Waals surface area contributed by atoms with Crippen molar-refractivity contribution in [2.24, 2.45) is 0 Å². The van der Waals surface area contributed by atoms with E-state index in [1.807, 2.05) is 29.1 Å². The van der Waals surface area contributed by atoms with E-state index in [1.165, 1.54) is 11.1 Å². The van der Waals surface area contributed by atoms with E-state index in [4.69, 9.17) is 5.73 Å². The normalized spacial score (nSPS) is 11.8. The van der Waals surface area contributed by atoms with Gasteiger partial charge in [0.05, 0.1) is 18.4 Å². The van der Waals surface area contributed by atoms with Crippen molar-refractivity contribution in [3.63, 3.8) is 0 Å². The van der Waals surface area contributed by atoms with Gasteiger partial charge in [0.25, 0.3) is 0 Å². The third-order valence-corrected chi connectivity index (χ3v) is 3.23. The lowest BCUT2D eigenvalue weighted by atomic mass is 10.1. The summed E-state index contributed by atoms with van der Waals surface area (Å²) < 4.78 is 1.84. The molecule has 6 nitrogen and oxygen atoms in total. The van der Waals surface area contributed by atoms with E-state index in [-0.39, 0.29) is 0 Å². The predicted octanol–water partition coefficient (Wildman–Crippen LogP) is 2.28. The molecular formula is C16H18N6. The molecule has 0 atom stereocenters. The minimum Gasteiger partial charge on any atom is -0.369 e. The van der Waals surface area contributed by atoms with Crippen LogP contribution in [0.4, 0.5) is 5.95 Å². The Balaban J connectivity index is 1.65. The Labute approximate surface area is 128 Å². The maximum Gasteiger partial charge on any atom is 0.197 e. The first-order valence-corrected chi connectivity index (χ1v) is 7.09. The number of hydrogen-bond donors (Lipinski definition) is 2. The van der Waals surface area contributed by atoms with Crippen LogP contribution in [0.3, 0.4) is 0 Å². The Morgan fingerprint density at radius 2 is 2.14 bits per heavy atom. The van der Waals surface area contributed by atoms with Gasteiger partial charge in [-0.15, -0.1) is 5.10 Å². The van der Waals surface area contributed by atoms with Crippen molar-refractivity contribution >= 4 is 12.0 Å². The van der Waals surface area contributed by atoms with Gasteiger partial charge in [0.15, 0.2) is 5.95 Å². The molecule has 2 heterocycles. The van der Waals surface area contributed by atoms with Crippen LogP contribution in [0.2, 0.25) is 0 Å². The molecule has 112 valence electrons. The first-order chi connectivity index (χ1) is 10.7. The maximum atomic E-state index is 5.56. The van der Waals surface area contributed by atoms with Crippen LogP contribution in [0, 0.1) is 0 Å². The minimum atomic E-state index is 0.420. The van der Waals surface area contributed by atoms with Crippen LogP contribution < -0.4 is 5.73 Å². The van der Waals surface area contributed by atoms with E-state index in [0.29, 0.717) is 18.9 Å². The number of nitrogens with one attached hydrogen (secondary N) is 1. The van der Waals surface area contributed by atoms with Crippen molar-refractivity contribution in [1.29, 1.82) is 0 Å². The number of hydrogen-bond acceptors (Lipinski definition) is 4. The van der Waals surface area contributed by atoms with Gasteiger partial charge in [-0.1, -0.05) is 47.2 Å². The molecule has 0 spiro atoms. The number of nitrogens with zero attached hydrogens (tertiary/aromatic N) is 4. The Kier molecular flexibility index (Phi) is 4.00. The van der Waals surface area contributed by atoms with Crippen molar-refractivity contribution in [2.45, 2.75) is 19.9 Å². The fourth-order valence-corrected chi connectivity index (χ4v) is 2.29. The van der Waals surface area contributed by atoms with Gasteiger partial charge in [0.1, 0.15) is 0 Å². The van der Waals surface area contributed by atoms with Crippen molar-refractivity contribution in [3.8, 4) is 0 Å². The van der Waals surface area contributed by atoms with Crippen LogP contribution in [0.1, 0.15) is 23.9 Å². The molecule has 2 aromatic heterocycles. The summed E-state index contributed by atoms with van der Waals surface area (Å²) in [5, 5.41) is 8.34. The monoisotopic (exact) mass is 294 g/mol. The van der Waals surface area contributed by atoms with Gasteiger partial charge < -0.3 is 10.7 Å². The van der Waals surface area contributed by atoms with Gasteiger partial charge >= 0.3 is 0 Å². The third kappa shape index (κ3) is 3.60. The second kappa shape index (κ2) is 6.26. The minimum absolute atomic E-state index is 0.420. The first kappa shape index (κ1) is 14.1. The molecule has 0 amide bonds. The van der Waals surface area contributed by atoms with Gasteiger partial charge in [0, 0.05) is 18.3 Å². The van der Waals surface area contributed by atoms with E-state index in [0.717, 1.165) is 11.4 Å². The molecule has 0 bridgehead atoms. The number of aromatic amines is 1. The molecule has 1 aromatic carbocycles. The number of rotatable bonds is 5. The zero-order valence-corrected chi connectivity index (χ0v) is 12.4. The molecule has 0 aliphatic carbocycles. The number of benzene rings is 1. The molecule has 3 N–H and O–H groups in total. The summed E-state index contributed by atoms with van der Waals surface area (Å²) in [5.74, 6) is 0.420. The number of nitrogens with two attached hydrogens (primary N) is 1. The molecule has 0 saturated heterocycles. The molecule has 0 aliphatic rings.